The third-order valence-corrected chi connectivity index (χ3v) is 22.6. The summed E-state index contributed by atoms with van der Waals surface area (Å²) in [5, 5.41) is 19.0. The van der Waals surface area contributed by atoms with E-state index in [1.807, 2.05) is 25.2 Å². The number of furan rings is 1. The lowest BCUT2D eigenvalue weighted by atomic mass is 9.95. The predicted molar refractivity (Wildman–Crippen MR) is 458 cm³/mol. The van der Waals surface area contributed by atoms with Gasteiger partial charge in [-0.1, -0.05) is 261 Å². The van der Waals surface area contributed by atoms with Crippen LogP contribution in [0.15, 0.2) is 379 Å². The van der Waals surface area contributed by atoms with Gasteiger partial charge in [-0.15, -0.1) is 11.3 Å². The van der Waals surface area contributed by atoms with Gasteiger partial charge in [-0.05, 0) is 162 Å². The van der Waals surface area contributed by atoms with Crippen molar-refractivity contribution in [2.24, 2.45) is 9.98 Å². The average Bonchev–Trinajstić information content (AvgIpc) is 1.59. The SMILES string of the molecule is CN=C(C(=Nc1coc2cc(-c3cccc4ccccc34)ccc12)c1ccccn1)c1cccc2c(-n3c4ccccc4c4cc5ccccc5cc43)cccc12.c1ccc(-c2nc3c(nc2-c2cccc(-n4c5ccccc5c5cc6ccccc6cc54)c2)sc2cc(-c4ccc5ccccc5c4)ccc23)cc1. The van der Waals surface area contributed by atoms with Crippen molar-refractivity contribution in [3.05, 3.63) is 376 Å². The van der Waals surface area contributed by atoms with Crippen molar-refractivity contribution in [1.29, 1.82) is 0 Å². The van der Waals surface area contributed by atoms with E-state index in [0.29, 0.717) is 5.71 Å². The summed E-state index contributed by atoms with van der Waals surface area (Å²) in [6.07, 6.45) is 3.54. The number of aromatic nitrogens is 5. The molecule has 6 aromatic heterocycles. The maximum atomic E-state index is 6.23. The topological polar surface area (TPSA) is 86.4 Å². The standard InChI is InChI=1S/C52H34N4O.C48H29N3S/c1-53-51(52(45-23-8-9-28-54-45)55-46-32-57-50-31-36(26-27-43(46)50)38-19-10-16-33-13-4-5-17-37(33)38)42-22-11-21-40-39(42)20-12-25-48(40)56-47-24-7-6-18-41(47)44-29-34-14-2-3-15-35(34)30-49(44)56;1-2-12-31(13-3-1)45-46(50-48-47(49-45)40-24-23-36(29-44(40)52-48)35-22-21-30-11-4-5-14-32(30)25-35)37-17-10-18-38(26-37)51-42-20-9-8-19-39(42)41-27-33-15-6-7-16-34(33)28-43(41)51/h2-32H,1H3;1-29H. The van der Waals surface area contributed by atoms with Crippen LogP contribution in [0.4, 0.5) is 5.69 Å². The van der Waals surface area contributed by atoms with Crippen molar-refractivity contribution in [1.82, 2.24) is 24.1 Å². The minimum atomic E-state index is 0.667. The third-order valence-electron chi connectivity index (χ3n) is 21.5. The Morgan fingerprint density at radius 1 is 0.349 bits per heavy atom. The summed E-state index contributed by atoms with van der Waals surface area (Å²) < 4.78 is 12.2. The van der Waals surface area contributed by atoms with Gasteiger partial charge in [0, 0.05) is 78.0 Å². The molecule has 0 aliphatic heterocycles. The first-order valence-electron chi connectivity index (χ1n) is 36.7. The van der Waals surface area contributed by atoms with Crippen LogP contribution in [0.25, 0.3) is 185 Å². The summed E-state index contributed by atoms with van der Waals surface area (Å²) in [6, 6.07) is 125. The van der Waals surface area contributed by atoms with Crippen molar-refractivity contribution in [2.45, 2.75) is 0 Å². The molecule has 0 atom stereocenters. The number of rotatable bonds is 10. The molecule has 0 unspecified atom stereocenters. The van der Waals surface area contributed by atoms with Crippen molar-refractivity contribution < 1.29 is 4.42 Å². The Kier molecular flexibility index (Phi) is 15.1. The first-order valence-corrected chi connectivity index (χ1v) is 37.5. The van der Waals surface area contributed by atoms with Crippen LogP contribution in [0.5, 0.6) is 0 Å². The normalized spacial score (nSPS) is 12.2. The van der Waals surface area contributed by atoms with E-state index in [1.54, 1.807) is 23.8 Å². The van der Waals surface area contributed by atoms with Crippen LogP contribution in [0.1, 0.15) is 11.3 Å². The number of pyridine rings is 1. The van der Waals surface area contributed by atoms with Gasteiger partial charge in [-0.25, -0.2) is 15.0 Å². The molecule has 0 aliphatic rings. The lowest BCUT2D eigenvalue weighted by molar-refractivity contribution is 0.616. The number of aliphatic imine (C=N–C) groups is 2. The number of thiophene rings is 1. The smallest absolute Gasteiger partial charge is 0.143 e. The summed E-state index contributed by atoms with van der Waals surface area (Å²) in [4.78, 5) is 26.9. The lowest BCUT2D eigenvalue weighted by Gasteiger charge is -2.16. The van der Waals surface area contributed by atoms with E-state index in [4.69, 9.17) is 29.4 Å². The molecule has 22 aromatic rings. The molecule has 9 heteroatoms. The van der Waals surface area contributed by atoms with Gasteiger partial charge in [0.1, 0.15) is 33.6 Å². The van der Waals surface area contributed by atoms with E-state index in [9.17, 15) is 0 Å². The number of nitrogens with zero attached hydrogens (tertiary/aromatic N) is 7. The largest absolute Gasteiger partial charge is 0.462 e. The molecule has 22 rings (SSSR count). The second-order valence-electron chi connectivity index (χ2n) is 27.8. The number of benzene rings is 16. The second-order valence-corrected chi connectivity index (χ2v) is 28.8. The zero-order valence-electron chi connectivity index (χ0n) is 59.1. The zero-order valence-corrected chi connectivity index (χ0v) is 59.9. The molecule has 0 N–H and O–H groups in total. The zero-order chi connectivity index (χ0) is 72.0. The predicted octanol–water partition coefficient (Wildman–Crippen LogP) is 26.5. The van der Waals surface area contributed by atoms with Crippen LogP contribution < -0.4 is 0 Å². The van der Waals surface area contributed by atoms with Gasteiger partial charge in [0.15, 0.2) is 0 Å². The van der Waals surface area contributed by atoms with Crippen molar-refractivity contribution >= 4 is 157 Å². The molecule has 0 fully saturated rings. The molecular formula is C100H63N7OS. The Labute approximate surface area is 630 Å². The van der Waals surface area contributed by atoms with Crippen molar-refractivity contribution in [3.8, 4) is 56.1 Å². The molecule has 0 saturated carbocycles. The van der Waals surface area contributed by atoms with E-state index >= 15 is 0 Å². The number of hydrogen-bond acceptors (Lipinski definition) is 7. The molecule has 510 valence electrons. The number of fused-ring (bicyclic) bond motifs is 15. The molecule has 0 aliphatic carbocycles. The molecule has 0 saturated heterocycles. The second kappa shape index (κ2) is 26.1. The van der Waals surface area contributed by atoms with Crippen LogP contribution in [0, 0.1) is 0 Å². The van der Waals surface area contributed by atoms with E-state index < -0.39 is 0 Å². The van der Waals surface area contributed by atoms with Crippen LogP contribution in [-0.4, -0.2) is 42.6 Å². The minimum absolute atomic E-state index is 0.667. The first-order chi connectivity index (χ1) is 54.0. The van der Waals surface area contributed by atoms with Gasteiger partial charge in [-0.2, -0.15) is 0 Å². The van der Waals surface area contributed by atoms with Crippen LogP contribution >= 0.6 is 11.3 Å². The monoisotopic (exact) mass is 1410 g/mol. The molecule has 0 amide bonds. The summed E-state index contributed by atoms with van der Waals surface area (Å²) in [7, 11) is 1.83. The van der Waals surface area contributed by atoms with Gasteiger partial charge >= 0.3 is 0 Å². The highest BCUT2D eigenvalue weighted by atomic mass is 32.1. The Hall–Kier alpha value is -14.3. The minimum Gasteiger partial charge on any atom is -0.462 e. The lowest BCUT2D eigenvalue weighted by Crippen LogP contribution is -2.19. The van der Waals surface area contributed by atoms with Crippen LogP contribution in [0.3, 0.4) is 0 Å². The maximum Gasteiger partial charge on any atom is 0.143 e. The number of hydrogen-bond donors (Lipinski definition) is 0. The average molecular weight is 1410 g/mol. The summed E-state index contributed by atoms with van der Waals surface area (Å²) in [5.74, 6) is 0. The Morgan fingerprint density at radius 3 is 1.67 bits per heavy atom. The maximum absolute atomic E-state index is 6.23. The van der Waals surface area contributed by atoms with Crippen LogP contribution in [0.2, 0.25) is 0 Å². The quantitative estimate of drug-likeness (QED) is 0.128. The molecular weight excluding hydrogens is 1350 g/mol. The van der Waals surface area contributed by atoms with Gasteiger partial charge in [0.2, 0.25) is 0 Å². The molecule has 16 aromatic carbocycles. The molecule has 0 radical (unpaired) electrons. The highest BCUT2D eigenvalue weighted by Crippen LogP contribution is 2.44. The van der Waals surface area contributed by atoms with E-state index in [2.05, 4.69) is 343 Å². The van der Waals surface area contributed by atoms with Gasteiger partial charge in [0.25, 0.3) is 0 Å². The Bertz CT molecular complexity index is 7500. The van der Waals surface area contributed by atoms with Gasteiger partial charge in [0.05, 0.1) is 50.5 Å². The molecule has 8 nitrogen and oxygen atoms in total. The van der Waals surface area contributed by atoms with Crippen molar-refractivity contribution in [3.63, 3.8) is 0 Å². The molecule has 0 spiro atoms. The van der Waals surface area contributed by atoms with E-state index in [-0.39, 0.29) is 0 Å². The first kappa shape index (κ1) is 63.2. The highest BCUT2D eigenvalue weighted by molar-refractivity contribution is 7.25. The summed E-state index contributed by atoms with van der Waals surface area (Å²) in [5.41, 5.74) is 20.9. The number of para-hydroxylation sites is 2. The van der Waals surface area contributed by atoms with Crippen molar-refractivity contribution in [2.75, 3.05) is 7.05 Å². The fourth-order valence-electron chi connectivity index (χ4n) is 16.4. The Balaban J connectivity index is 0.000000139. The van der Waals surface area contributed by atoms with E-state index in [1.165, 1.54) is 97.0 Å². The molecule has 0 bridgehead atoms. The van der Waals surface area contributed by atoms with Crippen LogP contribution in [-0.2, 0) is 0 Å². The van der Waals surface area contributed by atoms with E-state index in [0.717, 1.165) is 111 Å². The Morgan fingerprint density at radius 2 is 0.917 bits per heavy atom. The molecule has 6 heterocycles. The highest BCUT2D eigenvalue weighted by Gasteiger charge is 2.24. The summed E-state index contributed by atoms with van der Waals surface area (Å²) >= 11 is 1.71. The summed E-state index contributed by atoms with van der Waals surface area (Å²) in [6.45, 7) is 0. The fourth-order valence-corrected chi connectivity index (χ4v) is 17.5. The van der Waals surface area contributed by atoms with Gasteiger partial charge < -0.3 is 13.6 Å². The molecule has 109 heavy (non-hydrogen) atoms. The fraction of sp³-hybridized carbons (Fsp3) is 0.0100. The third kappa shape index (κ3) is 10.8. The van der Waals surface area contributed by atoms with Gasteiger partial charge in [-0.3, -0.25) is 9.98 Å².